The first-order valence-corrected chi connectivity index (χ1v) is 3.86. The van der Waals surface area contributed by atoms with Crippen LogP contribution in [0.3, 0.4) is 0 Å². The highest BCUT2D eigenvalue weighted by Crippen LogP contribution is 2.06. The Bertz CT molecular complexity index is 319. The van der Waals surface area contributed by atoms with E-state index in [0.29, 0.717) is 0 Å². The molecule has 3 heteroatoms. The monoisotopic (exact) mass is 180 g/mol. The molecule has 0 radical (unpaired) electrons. The van der Waals surface area contributed by atoms with Gasteiger partial charge in [-0.2, -0.15) is 0 Å². The number of ketones is 2. The van der Waals surface area contributed by atoms with Crippen LogP contribution in [0, 0.1) is 0 Å². The van der Waals surface area contributed by atoms with Crippen molar-refractivity contribution in [2.75, 3.05) is 0 Å². The number of alkyl halides is 1. The van der Waals surface area contributed by atoms with Crippen LogP contribution in [-0.2, 0) is 4.79 Å². The summed E-state index contributed by atoms with van der Waals surface area (Å²) < 4.78 is 12.9. The maximum Gasteiger partial charge on any atom is 0.220 e. The second-order valence-corrected chi connectivity index (χ2v) is 2.70. The van der Waals surface area contributed by atoms with Gasteiger partial charge in [0.2, 0.25) is 12.0 Å². The summed E-state index contributed by atoms with van der Waals surface area (Å²) >= 11 is 0. The number of benzene rings is 1. The smallest absolute Gasteiger partial charge is 0.220 e. The van der Waals surface area contributed by atoms with E-state index in [1.54, 1.807) is 18.2 Å². The van der Waals surface area contributed by atoms with Crippen molar-refractivity contribution in [2.24, 2.45) is 0 Å². The molecule has 0 aliphatic heterocycles. The fourth-order valence-electron chi connectivity index (χ4n) is 0.933. The molecule has 0 unspecified atom stereocenters. The van der Waals surface area contributed by atoms with E-state index in [-0.39, 0.29) is 5.56 Å². The van der Waals surface area contributed by atoms with E-state index >= 15 is 0 Å². The van der Waals surface area contributed by atoms with Crippen LogP contribution in [0.2, 0.25) is 0 Å². The number of Topliss-reactive ketones (excluding diaryl/α,β-unsaturated/α-hetero) is 2. The number of rotatable bonds is 3. The van der Waals surface area contributed by atoms with Gasteiger partial charge in [0.05, 0.1) is 0 Å². The molecule has 0 saturated heterocycles. The Morgan fingerprint density at radius 1 is 1.23 bits per heavy atom. The summed E-state index contributed by atoms with van der Waals surface area (Å²) in [6, 6.07) is 7.94. The Hall–Kier alpha value is -1.51. The molecule has 0 amide bonds. The topological polar surface area (TPSA) is 34.1 Å². The van der Waals surface area contributed by atoms with E-state index in [1.807, 2.05) is 0 Å². The van der Waals surface area contributed by atoms with Crippen molar-refractivity contribution in [3.05, 3.63) is 35.9 Å². The van der Waals surface area contributed by atoms with E-state index in [2.05, 4.69) is 0 Å². The van der Waals surface area contributed by atoms with E-state index in [4.69, 9.17) is 0 Å². The maximum absolute atomic E-state index is 12.9. The van der Waals surface area contributed by atoms with E-state index in [1.165, 1.54) is 12.1 Å². The van der Waals surface area contributed by atoms with Crippen molar-refractivity contribution < 1.29 is 14.0 Å². The van der Waals surface area contributed by atoms with Gasteiger partial charge in [0, 0.05) is 5.56 Å². The van der Waals surface area contributed by atoms with Crippen LogP contribution in [0.1, 0.15) is 17.3 Å². The molecular formula is C10H9FO2. The summed E-state index contributed by atoms with van der Waals surface area (Å²) in [5.74, 6) is -1.53. The Balaban J connectivity index is 2.86. The van der Waals surface area contributed by atoms with Gasteiger partial charge >= 0.3 is 0 Å². The molecule has 0 aliphatic carbocycles. The summed E-state index contributed by atoms with van der Waals surface area (Å²) in [6.45, 7) is 1.06. The number of carbonyl (C=O) groups is 2. The second-order valence-electron chi connectivity index (χ2n) is 2.70. The van der Waals surface area contributed by atoms with E-state index in [0.717, 1.165) is 6.92 Å². The molecule has 0 N–H and O–H groups in total. The van der Waals surface area contributed by atoms with Crippen molar-refractivity contribution in [3.63, 3.8) is 0 Å². The number of hydrogen-bond donors (Lipinski definition) is 0. The third-order valence-electron chi connectivity index (χ3n) is 1.65. The quantitative estimate of drug-likeness (QED) is 0.525. The lowest BCUT2D eigenvalue weighted by Crippen LogP contribution is -2.23. The lowest BCUT2D eigenvalue weighted by atomic mass is 10.1. The molecule has 13 heavy (non-hydrogen) atoms. The van der Waals surface area contributed by atoms with Gasteiger partial charge in [0.15, 0.2) is 5.78 Å². The van der Waals surface area contributed by atoms with Crippen LogP contribution >= 0.6 is 0 Å². The standard InChI is InChI=1S/C10H9FO2/c1-7(12)9(11)10(13)8-5-3-2-4-6-8/h2-6,9H,1H3/t9-/m0/s1. The van der Waals surface area contributed by atoms with Gasteiger partial charge in [0.1, 0.15) is 0 Å². The Morgan fingerprint density at radius 2 is 1.77 bits per heavy atom. The Labute approximate surface area is 75.4 Å². The van der Waals surface area contributed by atoms with Gasteiger partial charge in [-0.05, 0) is 6.92 Å². The first-order valence-electron chi connectivity index (χ1n) is 3.86. The number of hydrogen-bond acceptors (Lipinski definition) is 2. The molecule has 2 nitrogen and oxygen atoms in total. The zero-order valence-corrected chi connectivity index (χ0v) is 7.16. The van der Waals surface area contributed by atoms with Crippen molar-refractivity contribution in [1.29, 1.82) is 0 Å². The largest absolute Gasteiger partial charge is 0.296 e. The molecule has 1 atom stereocenters. The zero-order valence-electron chi connectivity index (χ0n) is 7.16. The molecule has 1 rings (SSSR count). The molecule has 0 spiro atoms. The second kappa shape index (κ2) is 3.94. The molecule has 0 aliphatic rings. The first kappa shape index (κ1) is 9.58. The molecule has 0 fully saturated rings. The summed E-state index contributed by atoms with van der Waals surface area (Å²) in [5.41, 5.74) is 0.227. The summed E-state index contributed by atoms with van der Waals surface area (Å²) in [4.78, 5) is 21.8. The Morgan fingerprint density at radius 3 is 2.23 bits per heavy atom. The number of halogens is 1. The third kappa shape index (κ3) is 2.21. The molecule has 0 aromatic heterocycles. The molecule has 0 heterocycles. The maximum atomic E-state index is 12.9. The van der Waals surface area contributed by atoms with Crippen LogP contribution in [0.15, 0.2) is 30.3 Å². The van der Waals surface area contributed by atoms with Crippen molar-refractivity contribution in [3.8, 4) is 0 Å². The highest BCUT2D eigenvalue weighted by Gasteiger charge is 2.22. The van der Waals surface area contributed by atoms with Crippen LogP contribution in [0.4, 0.5) is 4.39 Å². The highest BCUT2D eigenvalue weighted by molar-refractivity contribution is 6.12. The van der Waals surface area contributed by atoms with E-state index < -0.39 is 17.7 Å². The molecule has 0 bridgehead atoms. The lowest BCUT2D eigenvalue weighted by Gasteiger charge is -2.02. The van der Waals surface area contributed by atoms with Crippen LogP contribution in [-0.4, -0.2) is 17.7 Å². The summed E-state index contributed by atoms with van der Waals surface area (Å²) in [6.07, 6.45) is -2.03. The van der Waals surface area contributed by atoms with Crippen molar-refractivity contribution in [2.45, 2.75) is 13.1 Å². The highest BCUT2D eigenvalue weighted by atomic mass is 19.1. The van der Waals surface area contributed by atoms with Crippen molar-refractivity contribution >= 4 is 11.6 Å². The van der Waals surface area contributed by atoms with Gasteiger partial charge in [-0.15, -0.1) is 0 Å². The predicted molar refractivity (Wildman–Crippen MR) is 46.3 cm³/mol. The molecule has 68 valence electrons. The first-order chi connectivity index (χ1) is 6.13. The minimum atomic E-state index is -2.03. The third-order valence-corrected chi connectivity index (χ3v) is 1.65. The van der Waals surface area contributed by atoms with Gasteiger partial charge in [-0.1, -0.05) is 30.3 Å². The van der Waals surface area contributed by atoms with Gasteiger partial charge in [-0.25, -0.2) is 4.39 Å². The Kier molecular flexibility index (Phi) is 2.90. The predicted octanol–water partition coefficient (Wildman–Crippen LogP) is 1.80. The average molecular weight is 180 g/mol. The SMILES string of the molecule is CC(=O)[C@H](F)C(=O)c1ccccc1. The lowest BCUT2D eigenvalue weighted by molar-refractivity contribution is -0.120. The molecule has 0 saturated carbocycles. The zero-order chi connectivity index (χ0) is 9.84. The van der Waals surface area contributed by atoms with Crippen LogP contribution in [0.25, 0.3) is 0 Å². The summed E-state index contributed by atoms with van der Waals surface area (Å²) in [5, 5.41) is 0. The van der Waals surface area contributed by atoms with Crippen LogP contribution < -0.4 is 0 Å². The number of carbonyl (C=O) groups excluding carboxylic acids is 2. The molecule has 1 aromatic carbocycles. The normalized spacial score (nSPS) is 12.2. The van der Waals surface area contributed by atoms with Gasteiger partial charge in [-0.3, -0.25) is 9.59 Å². The fourth-order valence-corrected chi connectivity index (χ4v) is 0.933. The van der Waals surface area contributed by atoms with Gasteiger partial charge < -0.3 is 0 Å². The minimum Gasteiger partial charge on any atom is -0.296 e. The summed E-state index contributed by atoms with van der Waals surface area (Å²) in [7, 11) is 0. The average Bonchev–Trinajstić information content (AvgIpc) is 2.17. The fraction of sp³-hybridized carbons (Fsp3) is 0.200. The van der Waals surface area contributed by atoms with E-state index in [9.17, 15) is 14.0 Å². The molecule has 1 aromatic rings. The van der Waals surface area contributed by atoms with Gasteiger partial charge in [0.25, 0.3) is 0 Å². The minimum absolute atomic E-state index is 0.227. The van der Waals surface area contributed by atoms with Crippen LogP contribution in [0.5, 0.6) is 0 Å². The molecular weight excluding hydrogens is 171 g/mol. The van der Waals surface area contributed by atoms with Crippen molar-refractivity contribution in [1.82, 2.24) is 0 Å².